The maximum Gasteiger partial charge on any atom is 0.339 e. The summed E-state index contributed by atoms with van der Waals surface area (Å²) in [6.07, 6.45) is 2.89. The Kier molecular flexibility index (Phi) is 5.49. The van der Waals surface area contributed by atoms with Gasteiger partial charge in [0.25, 0.3) is 0 Å². The summed E-state index contributed by atoms with van der Waals surface area (Å²) in [5.41, 5.74) is 0.491. The molecule has 1 N–H and O–H groups in total. The molecule has 0 bridgehead atoms. The van der Waals surface area contributed by atoms with Crippen LogP contribution in [0.2, 0.25) is 0 Å². The van der Waals surface area contributed by atoms with Gasteiger partial charge in [0.2, 0.25) is 5.82 Å². The second-order valence-corrected chi connectivity index (χ2v) is 6.25. The number of halogens is 1. The molecule has 142 valence electrons. The van der Waals surface area contributed by atoms with Crippen molar-refractivity contribution in [1.29, 1.82) is 0 Å². The standard InChI is InChI=1S/C18H19FN4O4/c1-27-18(24)12-8-16(23(25)26)17(20-10-12)21-14-5-3-7-22(11-14)15-6-2-4-13(19)9-15/h2,4,6,8-10,14H,3,5,7,11H2,1H3,(H,20,21). The fourth-order valence-corrected chi connectivity index (χ4v) is 3.13. The second-order valence-electron chi connectivity index (χ2n) is 6.25. The first kappa shape index (κ1) is 18.6. The molecule has 8 nitrogen and oxygen atoms in total. The van der Waals surface area contributed by atoms with Crippen LogP contribution in [0.3, 0.4) is 0 Å². The third-order valence-corrected chi connectivity index (χ3v) is 4.42. The molecule has 27 heavy (non-hydrogen) atoms. The van der Waals surface area contributed by atoms with Crippen LogP contribution in [0.25, 0.3) is 0 Å². The summed E-state index contributed by atoms with van der Waals surface area (Å²) >= 11 is 0. The Labute approximate surface area is 155 Å². The molecule has 3 rings (SSSR count). The molecular formula is C18H19FN4O4. The zero-order valence-electron chi connectivity index (χ0n) is 14.7. The summed E-state index contributed by atoms with van der Waals surface area (Å²) in [6, 6.07) is 7.39. The van der Waals surface area contributed by atoms with Gasteiger partial charge in [0.1, 0.15) is 5.82 Å². The highest BCUT2D eigenvalue weighted by Crippen LogP contribution is 2.27. The molecule has 2 heterocycles. The minimum atomic E-state index is -0.688. The molecule has 1 saturated heterocycles. The summed E-state index contributed by atoms with van der Waals surface area (Å²) in [4.78, 5) is 28.4. The minimum absolute atomic E-state index is 0.0137. The molecule has 9 heteroatoms. The highest BCUT2D eigenvalue weighted by Gasteiger charge is 2.25. The van der Waals surface area contributed by atoms with Crippen LogP contribution in [0, 0.1) is 15.9 Å². The molecule has 1 atom stereocenters. The lowest BCUT2D eigenvalue weighted by Crippen LogP contribution is -2.42. The van der Waals surface area contributed by atoms with Gasteiger partial charge in [-0.05, 0) is 31.0 Å². The number of hydrogen-bond acceptors (Lipinski definition) is 7. The van der Waals surface area contributed by atoms with E-state index < -0.39 is 10.9 Å². The number of piperidine rings is 1. The van der Waals surface area contributed by atoms with E-state index in [2.05, 4.69) is 15.0 Å². The molecule has 0 radical (unpaired) electrons. The highest BCUT2D eigenvalue weighted by atomic mass is 19.1. The molecule has 1 aromatic heterocycles. The van der Waals surface area contributed by atoms with Gasteiger partial charge in [-0.2, -0.15) is 0 Å². The zero-order chi connectivity index (χ0) is 19.4. The van der Waals surface area contributed by atoms with Gasteiger partial charge >= 0.3 is 11.7 Å². The van der Waals surface area contributed by atoms with E-state index in [4.69, 9.17) is 0 Å². The first-order chi connectivity index (χ1) is 13.0. The fraction of sp³-hybridized carbons (Fsp3) is 0.333. The summed E-state index contributed by atoms with van der Waals surface area (Å²) < 4.78 is 18.0. The Hall–Kier alpha value is -3.23. The first-order valence-electron chi connectivity index (χ1n) is 8.47. The number of anilines is 2. The van der Waals surface area contributed by atoms with E-state index in [1.54, 1.807) is 6.07 Å². The van der Waals surface area contributed by atoms with Crippen LogP contribution >= 0.6 is 0 Å². The number of ether oxygens (including phenoxy) is 1. The van der Waals surface area contributed by atoms with E-state index in [0.717, 1.165) is 31.1 Å². The van der Waals surface area contributed by atoms with E-state index >= 15 is 0 Å². The number of pyridine rings is 1. The average Bonchev–Trinajstić information content (AvgIpc) is 2.67. The SMILES string of the molecule is COC(=O)c1cnc(NC2CCCN(c3cccc(F)c3)C2)c([N+](=O)[O-])c1. The van der Waals surface area contributed by atoms with Gasteiger partial charge in [0.05, 0.1) is 17.6 Å². The molecule has 0 spiro atoms. The molecule has 1 unspecified atom stereocenters. The Morgan fingerprint density at radius 2 is 2.26 bits per heavy atom. The molecule has 1 aromatic carbocycles. The van der Waals surface area contributed by atoms with Crippen molar-refractivity contribution in [3.05, 3.63) is 58.0 Å². The van der Waals surface area contributed by atoms with Crippen LogP contribution in [-0.2, 0) is 4.74 Å². The summed E-state index contributed by atoms with van der Waals surface area (Å²) in [5, 5.41) is 14.5. The molecular weight excluding hydrogens is 355 g/mol. The normalized spacial score (nSPS) is 16.7. The van der Waals surface area contributed by atoms with Crippen LogP contribution in [-0.4, -0.2) is 42.1 Å². The van der Waals surface area contributed by atoms with Crippen molar-refractivity contribution < 1.29 is 18.8 Å². The molecule has 1 aliphatic rings. The Morgan fingerprint density at radius 3 is 2.96 bits per heavy atom. The lowest BCUT2D eigenvalue weighted by atomic mass is 10.0. The van der Waals surface area contributed by atoms with Crippen molar-refractivity contribution in [1.82, 2.24) is 4.98 Å². The van der Waals surface area contributed by atoms with Gasteiger partial charge in [-0.15, -0.1) is 0 Å². The van der Waals surface area contributed by atoms with Crippen LogP contribution < -0.4 is 10.2 Å². The van der Waals surface area contributed by atoms with E-state index in [9.17, 15) is 19.3 Å². The number of carbonyl (C=O) groups is 1. The number of nitro groups is 1. The molecule has 1 aliphatic heterocycles. The van der Waals surface area contributed by atoms with Gasteiger partial charge < -0.3 is 15.0 Å². The smallest absolute Gasteiger partial charge is 0.339 e. The van der Waals surface area contributed by atoms with Gasteiger partial charge in [0.15, 0.2) is 0 Å². The summed E-state index contributed by atoms with van der Waals surface area (Å²) in [7, 11) is 1.20. The van der Waals surface area contributed by atoms with Crippen molar-refractivity contribution >= 4 is 23.2 Å². The van der Waals surface area contributed by atoms with Gasteiger partial charge in [0, 0.05) is 37.1 Å². The average molecular weight is 374 g/mol. The molecule has 0 saturated carbocycles. The lowest BCUT2D eigenvalue weighted by Gasteiger charge is -2.35. The van der Waals surface area contributed by atoms with Crippen LogP contribution in [0.5, 0.6) is 0 Å². The quantitative estimate of drug-likeness (QED) is 0.488. The minimum Gasteiger partial charge on any atom is -0.465 e. The van der Waals surface area contributed by atoms with Crippen molar-refractivity contribution in [3.8, 4) is 0 Å². The Balaban J connectivity index is 1.78. The van der Waals surface area contributed by atoms with Crippen LogP contribution in [0.4, 0.5) is 21.6 Å². The number of aromatic nitrogens is 1. The Morgan fingerprint density at radius 1 is 1.44 bits per heavy atom. The van der Waals surface area contributed by atoms with E-state index in [1.165, 1.54) is 25.4 Å². The number of rotatable bonds is 5. The van der Waals surface area contributed by atoms with Crippen LogP contribution in [0.15, 0.2) is 36.5 Å². The number of nitrogens with zero attached hydrogens (tertiary/aromatic N) is 3. The topological polar surface area (TPSA) is 97.6 Å². The predicted molar refractivity (Wildman–Crippen MR) is 97.5 cm³/mol. The lowest BCUT2D eigenvalue weighted by molar-refractivity contribution is -0.384. The van der Waals surface area contributed by atoms with Gasteiger partial charge in [-0.25, -0.2) is 14.2 Å². The second kappa shape index (κ2) is 7.98. The van der Waals surface area contributed by atoms with E-state index in [1.807, 2.05) is 11.0 Å². The third-order valence-electron chi connectivity index (χ3n) is 4.42. The number of nitrogens with one attached hydrogen (secondary N) is 1. The highest BCUT2D eigenvalue weighted by molar-refractivity contribution is 5.90. The number of carbonyl (C=O) groups excluding carboxylic acids is 1. The largest absolute Gasteiger partial charge is 0.465 e. The maximum absolute atomic E-state index is 13.5. The van der Waals surface area contributed by atoms with Gasteiger partial charge in [-0.1, -0.05) is 6.07 Å². The first-order valence-corrected chi connectivity index (χ1v) is 8.47. The molecule has 0 aliphatic carbocycles. The van der Waals surface area contributed by atoms with Crippen LogP contribution in [0.1, 0.15) is 23.2 Å². The van der Waals surface area contributed by atoms with E-state index in [0.29, 0.717) is 6.54 Å². The number of benzene rings is 1. The fourth-order valence-electron chi connectivity index (χ4n) is 3.13. The monoisotopic (exact) mass is 374 g/mol. The molecule has 2 aromatic rings. The Bertz CT molecular complexity index is 861. The number of methoxy groups -OCH3 is 1. The van der Waals surface area contributed by atoms with Crippen molar-refractivity contribution in [2.24, 2.45) is 0 Å². The van der Waals surface area contributed by atoms with Gasteiger partial charge in [-0.3, -0.25) is 10.1 Å². The predicted octanol–water partition coefficient (Wildman–Crippen LogP) is 3.00. The number of esters is 1. The summed E-state index contributed by atoms with van der Waals surface area (Å²) in [5.74, 6) is -0.899. The maximum atomic E-state index is 13.5. The summed E-state index contributed by atoms with van der Waals surface area (Å²) in [6.45, 7) is 1.33. The van der Waals surface area contributed by atoms with Crippen molar-refractivity contribution in [2.45, 2.75) is 18.9 Å². The third kappa shape index (κ3) is 4.30. The molecule has 0 amide bonds. The number of hydrogen-bond donors (Lipinski definition) is 1. The van der Waals surface area contributed by atoms with E-state index in [-0.39, 0.29) is 28.9 Å². The van der Waals surface area contributed by atoms with Crippen molar-refractivity contribution in [3.63, 3.8) is 0 Å². The van der Waals surface area contributed by atoms with Crippen molar-refractivity contribution in [2.75, 3.05) is 30.4 Å². The molecule has 1 fully saturated rings. The zero-order valence-corrected chi connectivity index (χ0v) is 14.7.